The van der Waals surface area contributed by atoms with Crippen molar-refractivity contribution >= 4 is 17.6 Å². The Hall–Kier alpha value is -3.81. The Bertz CT molecular complexity index is 1150. The molecule has 3 aromatic rings. The highest BCUT2D eigenvalue weighted by Crippen LogP contribution is 2.26. The van der Waals surface area contributed by atoms with Gasteiger partial charge in [0, 0.05) is 25.5 Å². The molecule has 4 rings (SSSR count). The van der Waals surface area contributed by atoms with Crippen LogP contribution in [0, 0.1) is 12.7 Å². The van der Waals surface area contributed by atoms with E-state index in [4.69, 9.17) is 4.74 Å². The van der Waals surface area contributed by atoms with Crippen molar-refractivity contribution < 1.29 is 18.7 Å². The number of likely N-dealkylation sites (N-methyl/N-ethyl adjacent to an activating group) is 1. The zero-order valence-electron chi connectivity index (χ0n) is 17.1. The fourth-order valence-electron chi connectivity index (χ4n) is 3.47. The zero-order chi connectivity index (χ0) is 22.0. The second kappa shape index (κ2) is 8.51. The smallest absolute Gasteiger partial charge is 0.270 e. The topological polar surface area (TPSA) is 84.4 Å². The van der Waals surface area contributed by atoms with Crippen LogP contribution in [0.3, 0.4) is 0 Å². The van der Waals surface area contributed by atoms with E-state index >= 15 is 0 Å². The second-order valence-electron chi connectivity index (χ2n) is 7.36. The average molecular weight is 420 g/mol. The summed E-state index contributed by atoms with van der Waals surface area (Å²) in [6, 6.07) is 10.6. The van der Waals surface area contributed by atoms with Gasteiger partial charge in [-0.2, -0.15) is 0 Å². The maximum Gasteiger partial charge on any atom is 0.270 e. The molecule has 0 radical (unpaired) electrons. The van der Waals surface area contributed by atoms with Gasteiger partial charge in [-0.05, 0) is 55.2 Å². The predicted molar refractivity (Wildman–Crippen MR) is 113 cm³/mol. The molecule has 2 amide bonds. The van der Waals surface area contributed by atoms with Crippen LogP contribution < -0.4 is 15.0 Å². The molecular formula is C23H21FN4O3. The van der Waals surface area contributed by atoms with Crippen LogP contribution in [0.5, 0.6) is 11.5 Å². The molecule has 1 N–H and O–H groups in total. The number of rotatable bonds is 4. The maximum atomic E-state index is 14.1. The van der Waals surface area contributed by atoms with E-state index in [1.165, 1.54) is 35.4 Å². The standard InChI is InChI=1S/C23H21FN4O3/c1-14-5-8-20(17(24)12-14)31-16-9-11-25-19(13-16)22(29)27-18-7-6-15-4-3-10-26-21(15)28(2)23(18)30/h3-5,8-13,18H,6-7H2,1-2H3,(H,27,29)/t18-/m0/s1. The quantitative estimate of drug-likeness (QED) is 0.699. The highest BCUT2D eigenvalue weighted by atomic mass is 19.1. The number of carbonyl (C=O) groups excluding carboxylic acids is 2. The first-order valence-electron chi connectivity index (χ1n) is 9.85. The van der Waals surface area contributed by atoms with E-state index in [9.17, 15) is 14.0 Å². The van der Waals surface area contributed by atoms with Crippen LogP contribution in [-0.2, 0) is 11.2 Å². The van der Waals surface area contributed by atoms with E-state index < -0.39 is 17.8 Å². The molecular weight excluding hydrogens is 399 g/mol. The van der Waals surface area contributed by atoms with Crippen molar-refractivity contribution in [2.24, 2.45) is 0 Å². The largest absolute Gasteiger partial charge is 0.454 e. The lowest BCUT2D eigenvalue weighted by Gasteiger charge is -2.21. The summed E-state index contributed by atoms with van der Waals surface area (Å²) >= 11 is 0. The van der Waals surface area contributed by atoms with Gasteiger partial charge in [0.05, 0.1) is 0 Å². The van der Waals surface area contributed by atoms with Gasteiger partial charge < -0.3 is 10.1 Å². The lowest BCUT2D eigenvalue weighted by Crippen LogP contribution is -2.47. The summed E-state index contributed by atoms with van der Waals surface area (Å²) in [6.45, 7) is 1.78. The molecule has 0 aliphatic carbocycles. The number of ether oxygens (including phenoxy) is 1. The first kappa shape index (κ1) is 20.5. The molecule has 158 valence electrons. The van der Waals surface area contributed by atoms with Crippen molar-refractivity contribution in [2.75, 3.05) is 11.9 Å². The zero-order valence-corrected chi connectivity index (χ0v) is 17.1. The maximum absolute atomic E-state index is 14.1. The van der Waals surface area contributed by atoms with Gasteiger partial charge in [-0.3, -0.25) is 19.5 Å². The fraction of sp³-hybridized carbons (Fsp3) is 0.217. The number of hydrogen-bond acceptors (Lipinski definition) is 5. The fourth-order valence-corrected chi connectivity index (χ4v) is 3.47. The summed E-state index contributed by atoms with van der Waals surface area (Å²) in [7, 11) is 1.64. The summed E-state index contributed by atoms with van der Waals surface area (Å²) in [5.41, 5.74) is 1.79. The molecule has 0 saturated carbocycles. The highest BCUT2D eigenvalue weighted by Gasteiger charge is 2.30. The Morgan fingerprint density at radius 1 is 1.19 bits per heavy atom. The van der Waals surface area contributed by atoms with Gasteiger partial charge >= 0.3 is 0 Å². The number of nitrogens with one attached hydrogen (secondary N) is 1. The van der Waals surface area contributed by atoms with Crippen LogP contribution in [0.15, 0.2) is 54.9 Å². The van der Waals surface area contributed by atoms with Crippen LogP contribution in [0.25, 0.3) is 0 Å². The lowest BCUT2D eigenvalue weighted by molar-refractivity contribution is -0.120. The minimum atomic E-state index is -0.715. The Morgan fingerprint density at radius 2 is 2.03 bits per heavy atom. The number of amides is 2. The third-order valence-electron chi connectivity index (χ3n) is 5.10. The average Bonchev–Trinajstić information content (AvgIpc) is 2.88. The summed E-state index contributed by atoms with van der Waals surface area (Å²) < 4.78 is 19.6. The first-order valence-corrected chi connectivity index (χ1v) is 9.85. The Morgan fingerprint density at radius 3 is 2.84 bits per heavy atom. The van der Waals surface area contributed by atoms with Crippen LogP contribution in [-0.4, -0.2) is 34.9 Å². The number of fused-ring (bicyclic) bond motifs is 1. The van der Waals surface area contributed by atoms with Crippen molar-refractivity contribution in [3.05, 3.63) is 77.5 Å². The van der Waals surface area contributed by atoms with Gasteiger partial charge in [0.2, 0.25) is 5.91 Å². The molecule has 0 fully saturated rings. The van der Waals surface area contributed by atoms with Crippen LogP contribution in [0.2, 0.25) is 0 Å². The molecule has 0 bridgehead atoms. The number of pyridine rings is 2. The Labute approximate surface area is 178 Å². The summed E-state index contributed by atoms with van der Waals surface area (Å²) in [6.07, 6.45) is 4.08. The number of hydrogen-bond donors (Lipinski definition) is 1. The number of halogens is 1. The second-order valence-corrected chi connectivity index (χ2v) is 7.36. The van der Waals surface area contributed by atoms with Crippen LogP contribution in [0.4, 0.5) is 10.2 Å². The van der Waals surface area contributed by atoms with Gasteiger partial charge in [-0.15, -0.1) is 0 Å². The molecule has 1 atom stereocenters. The number of aryl methyl sites for hydroxylation is 2. The Kier molecular flexibility index (Phi) is 5.62. The molecule has 31 heavy (non-hydrogen) atoms. The van der Waals surface area contributed by atoms with Gasteiger partial charge in [0.1, 0.15) is 23.3 Å². The summed E-state index contributed by atoms with van der Waals surface area (Å²) in [4.78, 5) is 35.4. The molecule has 7 nitrogen and oxygen atoms in total. The minimum Gasteiger partial charge on any atom is -0.454 e. The SMILES string of the molecule is Cc1ccc(Oc2ccnc(C(=O)N[C@H]3CCc4cccnc4N(C)C3=O)c2)c(F)c1. The van der Waals surface area contributed by atoms with Crippen molar-refractivity contribution in [3.63, 3.8) is 0 Å². The minimum absolute atomic E-state index is 0.0500. The monoisotopic (exact) mass is 420 g/mol. The van der Waals surface area contributed by atoms with Crippen molar-refractivity contribution in [3.8, 4) is 11.5 Å². The third kappa shape index (κ3) is 4.37. The van der Waals surface area contributed by atoms with Crippen molar-refractivity contribution in [1.29, 1.82) is 0 Å². The van der Waals surface area contributed by atoms with Crippen molar-refractivity contribution in [1.82, 2.24) is 15.3 Å². The van der Waals surface area contributed by atoms with Gasteiger partial charge in [0.15, 0.2) is 11.6 Å². The van der Waals surface area contributed by atoms with E-state index in [1.54, 1.807) is 26.2 Å². The molecule has 0 unspecified atom stereocenters. The number of carbonyl (C=O) groups is 2. The molecule has 1 aromatic carbocycles. The molecule has 0 spiro atoms. The number of anilines is 1. The molecule has 3 heterocycles. The molecule has 0 saturated heterocycles. The molecule has 1 aliphatic heterocycles. The molecule has 1 aliphatic rings. The first-order chi connectivity index (χ1) is 14.9. The van der Waals surface area contributed by atoms with E-state index in [1.807, 2.05) is 12.1 Å². The lowest BCUT2D eigenvalue weighted by atomic mass is 10.1. The molecule has 8 heteroatoms. The number of benzene rings is 1. The van der Waals surface area contributed by atoms with Crippen molar-refractivity contribution in [2.45, 2.75) is 25.8 Å². The van der Waals surface area contributed by atoms with Gasteiger partial charge in [-0.25, -0.2) is 9.37 Å². The van der Waals surface area contributed by atoms with Crippen LogP contribution >= 0.6 is 0 Å². The summed E-state index contributed by atoms with van der Waals surface area (Å²) in [5.74, 6) is -0.348. The van der Waals surface area contributed by atoms with E-state index in [0.717, 1.165) is 11.1 Å². The van der Waals surface area contributed by atoms with Gasteiger partial charge in [-0.1, -0.05) is 12.1 Å². The van der Waals surface area contributed by atoms with Gasteiger partial charge in [0.25, 0.3) is 5.91 Å². The number of nitrogens with zero attached hydrogens (tertiary/aromatic N) is 3. The van der Waals surface area contributed by atoms with E-state index in [-0.39, 0.29) is 23.1 Å². The summed E-state index contributed by atoms with van der Waals surface area (Å²) in [5, 5.41) is 2.75. The van der Waals surface area contributed by atoms with E-state index in [2.05, 4.69) is 15.3 Å². The third-order valence-corrected chi connectivity index (χ3v) is 5.10. The molecule has 2 aromatic heterocycles. The van der Waals surface area contributed by atoms with E-state index in [0.29, 0.717) is 18.7 Å². The highest BCUT2D eigenvalue weighted by molar-refractivity contribution is 6.01. The normalized spacial score (nSPS) is 15.8. The number of aromatic nitrogens is 2. The Balaban J connectivity index is 1.49. The predicted octanol–water partition coefficient (Wildman–Crippen LogP) is 3.42. The van der Waals surface area contributed by atoms with Crippen LogP contribution in [0.1, 0.15) is 28.0 Å².